The highest BCUT2D eigenvalue weighted by molar-refractivity contribution is 5.80. The fourth-order valence-electron chi connectivity index (χ4n) is 1.75. The molecule has 1 aromatic carbocycles. The fraction of sp³-hybridized carbons (Fsp3) is 0.500. The fourth-order valence-corrected chi connectivity index (χ4v) is 1.75. The van der Waals surface area contributed by atoms with Crippen LogP contribution >= 0.6 is 0 Å². The van der Waals surface area contributed by atoms with E-state index in [2.05, 4.69) is 10.2 Å². The predicted octanol–water partition coefficient (Wildman–Crippen LogP) is 1.15. The van der Waals surface area contributed by atoms with Crippen molar-refractivity contribution in [2.75, 3.05) is 33.8 Å². The molecule has 0 aliphatic rings. The Hall–Kier alpha value is -2.08. The van der Waals surface area contributed by atoms with Crippen molar-refractivity contribution in [1.82, 2.24) is 10.2 Å². The van der Waals surface area contributed by atoms with Gasteiger partial charge in [-0.05, 0) is 38.2 Å². The molecule has 22 heavy (non-hydrogen) atoms. The molecule has 0 heterocycles. The maximum Gasteiger partial charge on any atom is 0.303 e. The Labute approximate surface area is 131 Å². The molecule has 1 amide bonds. The van der Waals surface area contributed by atoms with Crippen LogP contribution in [0.25, 0.3) is 0 Å². The van der Waals surface area contributed by atoms with Crippen molar-refractivity contribution >= 4 is 11.9 Å². The number of amides is 1. The summed E-state index contributed by atoms with van der Waals surface area (Å²) in [5, 5.41) is 11.2. The lowest BCUT2D eigenvalue weighted by molar-refractivity contribution is -0.138. The summed E-state index contributed by atoms with van der Waals surface area (Å²) >= 11 is 0. The third-order valence-electron chi connectivity index (χ3n) is 3.03. The lowest BCUT2D eigenvalue weighted by Crippen LogP contribution is -2.26. The molecule has 0 aromatic heterocycles. The molecule has 1 rings (SSSR count). The van der Waals surface area contributed by atoms with Crippen LogP contribution in [0.4, 0.5) is 0 Å². The van der Waals surface area contributed by atoms with Crippen molar-refractivity contribution in [3.05, 3.63) is 29.8 Å². The van der Waals surface area contributed by atoms with Crippen LogP contribution in [-0.2, 0) is 16.0 Å². The van der Waals surface area contributed by atoms with E-state index in [1.54, 1.807) is 0 Å². The number of hydrogen-bond acceptors (Lipinski definition) is 4. The van der Waals surface area contributed by atoms with E-state index in [0.717, 1.165) is 17.9 Å². The van der Waals surface area contributed by atoms with Gasteiger partial charge in [-0.25, -0.2) is 0 Å². The van der Waals surface area contributed by atoms with E-state index < -0.39 is 5.97 Å². The van der Waals surface area contributed by atoms with E-state index in [-0.39, 0.29) is 18.7 Å². The Morgan fingerprint density at radius 1 is 1.18 bits per heavy atom. The first kappa shape index (κ1) is 18.0. The first-order valence-electron chi connectivity index (χ1n) is 7.32. The van der Waals surface area contributed by atoms with Crippen LogP contribution in [0, 0.1) is 0 Å². The van der Waals surface area contributed by atoms with Crippen LogP contribution in [0.5, 0.6) is 5.75 Å². The van der Waals surface area contributed by atoms with E-state index in [9.17, 15) is 9.59 Å². The maximum atomic E-state index is 11.4. The molecule has 0 radical (unpaired) electrons. The maximum absolute atomic E-state index is 11.4. The van der Waals surface area contributed by atoms with Gasteiger partial charge in [0.2, 0.25) is 5.91 Å². The molecule has 0 unspecified atom stereocenters. The highest BCUT2D eigenvalue weighted by Crippen LogP contribution is 2.12. The molecule has 0 atom stereocenters. The Morgan fingerprint density at radius 2 is 1.86 bits per heavy atom. The summed E-state index contributed by atoms with van der Waals surface area (Å²) < 4.78 is 5.60. The Kier molecular flexibility index (Phi) is 7.99. The molecule has 6 nitrogen and oxygen atoms in total. The van der Waals surface area contributed by atoms with Crippen molar-refractivity contribution in [2.45, 2.75) is 19.3 Å². The number of likely N-dealkylation sites (N-methyl/N-ethyl adjacent to an activating group) is 1. The quantitative estimate of drug-likeness (QED) is 0.678. The summed E-state index contributed by atoms with van der Waals surface area (Å²) in [4.78, 5) is 23.8. The number of carboxylic acid groups (broad SMARTS) is 1. The van der Waals surface area contributed by atoms with Crippen LogP contribution in [0.2, 0.25) is 0 Å². The van der Waals surface area contributed by atoms with Gasteiger partial charge in [0.1, 0.15) is 12.4 Å². The van der Waals surface area contributed by atoms with Gasteiger partial charge in [-0.1, -0.05) is 12.1 Å². The number of carbonyl (C=O) groups is 2. The van der Waals surface area contributed by atoms with Crippen LogP contribution in [-0.4, -0.2) is 55.7 Å². The molecule has 0 fully saturated rings. The Balaban J connectivity index is 2.23. The molecule has 6 heteroatoms. The normalized spacial score (nSPS) is 10.5. The summed E-state index contributed by atoms with van der Waals surface area (Å²) in [6.07, 6.45) is 0.593. The molecule has 0 aliphatic heterocycles. The number of carbonyl (C=O) groups excluding carboxylic acids is 1. The monoisotopic (exact) mass is 308 g/mol. The van der Waals surface area contributed by atoms with Gasteiger partial charge in [0.15, 0.2) is 0 Å². The topological polar surface area (TPSA) is 78.9 Å². The molecule has 0 saturated heterocycles. The van der Waals surface area contributed by atoms with Crippen molar-refractivity contribution in [2.24, 2.45) is 0 Å². The minimum absolute atomic E-state index is 0.0218. The van der Waals surface area contributed by atoms with Gasteiger partial charge >= 0.3 is 5.97 Å². The van der Waals surface area contributed by atoms with E-state index in [1.807, 2.05) is 38.4 Å². The number of benzene rings is 1. The van der Waals surface area contributed by atoms with Crippen LogP contribution in [0.3, 0.4) is 0 Å². The van der Waals surface area contributed by atoms with Gasteiger partial charge in [-0.2, -0.15) is 0 Å². The second-order valence-corrected chi connectivity index (χ2v) is 5.29. The average molecular weight is 308 g/mol. The Morgan fingerprint density at radius 3 is 2.45 bits per heavy atom. The number of hydrogen-bond donors (Lipinski definition) is 2. The van der Waals surface area contributed by atoms with Crippen molar-refractivity contribution in [3.63, 3.8) is 0 Å². The third-order valence-corrected chi connectivity index (χ3v) is 3.03. The van der Waals surface area contributed by atoms with Crippen LogP contribution in [0.1, 0.15) is 18.4 Å². The highest BCUT2D eigenvalue weighted by Gasteiger charge is 2.04. The zero-order valence-electron chi connectivity index (χ0n) is 13.2. The zero-order valence-corrected chi connectivity index (χ0v) is 13.2. The van der Waals surface area contributed by atoms with Gasteiger partial charge in [-0.15, -0.1) is 0 Å². The van der Waals surface area contributed by atoms with Gasteiger partial charge in [-0.3, -0.25) is 9.59 Å². The number of carboxylic acids is 1. The summed E-state index contributed by atoms with van der Waals surface area (Å²) in [5.41, 5.74) is 1.10. The number of aliphatic carboxylic acids is 1. The summed E-state index contributed by atoms with van der Waals surface area (Å²) in [6, 6.07) is 7.76. The third kappa shape index (κ3) is 8.26. The zero-order chi connectivity index (χ0) is 16.4. The van der Waals surface area contributed by atoms with Crippen molar-refractivity contribution in [3.8, 4) is 5.75 Å². The number of rotatable bonds is 10. The molecule has 1 aromatic rings. The minimum atomic E-state index is -0.958. The average Bonchev–Trinajstić information content (AvgIpc) is 2.46. The SMILES string of the molecule is CN(C)CCOc1ccc(CCNC(=O)CCC(=O)O)cc1. The van der Waals surface area contributed by atoms with E-state index in [0.29, 0.717) is 19.6 Å². The Bertz CT molecular complexity index is 472. The first-order valence-corrected chi connectivity index (χ1v) is 7.32. The van der Waals surface area contributed by atoms with Crippen molar-refractivity contribution in [1.29, 1.82) is 0 Å². The summed E-state index contributed by atoms with van der Waals surface area (Å²) in [6.45, 7) is 2.01. The summed E-state index contributed by atoms with van der Waals surface area (Å²) in [7, 11) is 3.99. The van der Waals surface area contributed by atoms with Gasteiger partial charge in [0, 0.05) is 19.5 Å². The lowest BCUT2D eigenvalue weighted by Gasteiger charge is -2.11. The molecule has 122 valence electrons. The van der Waals surface area contributed by atoms with Crippen LogP contribution in [0.15, 0.2) is 24.3 Å². The number of nitrogens with zero attached hydrogens (tertiary/aromatic N) is 1. The minimum Gasteiger partial charge on any atom is -0.492 e. The van der Waals surface area contributed by atoms with Crippen molar-refractivity contribution < 1.29 is 19.4 Å². The van der Waals surface area contributed by atoms with E-state index in [1.165, 1.54) is 0 Å². The molecule has 2 N–H and O–H groups in total. The van der Waals surface area contributed by atoms with Gasteiger partial charge < -0.3 is 20.1 Å². The predicted molar refractivity (Wildman–Crippen MR) is 84.1 cm³/mol. The van der Waals surface area contributed by atoms with Crippen LogP contribution < -0.4 is 10.1 Å². The molecule has 0 bridgehead atoms. The van der Waals surface area contributed by atoms with Gasteiger partial charge in [0.25, 0.3) is 0 Å². The molecule has 0 spiro atoms. The molecule has 0 aliphatic carbocycles. The number of ether oxygens (including phenoxy) is 1. The first-order chi connectivity index (χ1) is 10.5. The highest BCUT2D eigenvalue weighted by atomic mass is 16.5. The molecular formula is C16H24N2O4. The smallest absolute Gasteiger partial charge is 0.303 e. The molecular weight excluding hydrogens is 284 g/mol. The second kappa shape index (κ2) is 9.78. The molecule has 0 saturated carbocycles. The van der Waals surface area contributed by atoms with E-state index in [4.69, 9.17) is 9.84 Å². The van der Waals surface area contributed by atoms with E-state index >= 15 is 0 Å². The second-order valence-electron chi connectivity index (χ2n) is 5.29. The van der Waals surface area contributed by atoms with Gasteiger partial charge in [0.05, 0.1) is 6.42 Å². The standard InChI is InChI=1S/C16H24N2O4/c1-18(2)11-12-22-14-5-3-13(4-6-14)9-10-17-15(19)7-8-16(20)21/h3-6H,7-12H2,1-2H3,(H,17,19)(H,20,21). The lowest BCUT2D eigenvalue weighted by atomic mass is 10.1. The largest absolute Gasteiger partial charge is 0.492 e. The summed E-state index contributed by atoms with van der Waals surface area (Å²) in [5.74, 6) is -0.359. The number of nitrogens with one attached hydrogen (secondary N) is 1.